The Balaban J connectivity index is 1.77. The lowest BCUT2D eigenvalue weighted by atomic mass is 10.2. The van der Waals surface area contributed by atoms with E-state index >= 15 is 0 Å². The summed E-state index contributed by atoms with van der Waals surface area (Å²) >= 11 is 3.52. The Labute approximate surface area is 170 Å². The third-order valence-electron chi connectivity index (χ3n) is 4.92. The monoisotopic (exact) mass is 447 g/mol. The quantitative estimate of drug-likeness (QED) is 0.662. The van der Waals surface area contributed by atoms with Gasteiger partial charge in [-0.25, -0.2) is 4.21 Å². The lowest BCUT2D eigenvalue weighted by Gasteiger charge is -2.30. The summed E-state index contributed by atoms with van der Waals surface area (Å²) in [6.07, 6.45) is 1.96. The molecule has 1 aliphatic heterocycles. The number of aryl methyl sites for hydroxylation is 1. The first kappa shape index (κ1) is 18.5. The highest BCUT2D eigenvalue weighted by Crippen LogP contribution is 2.32. The number of methoxy groups -OCH3 is 1. The molecule has 1 saturated heterocycles. The van der Waals surface area contributed by atoms with Crippen LogP contribution >= 0.6 is 15.9 Å². The molecule has 5 nitrogen and oxygen atoms in total. The minimum atomic E-state index is -1.34. The molecule has 2 aromatic carbocycles. The van der Waals surface area contributed by atoms with Crippen LogP contribution in [0.5, 0.6) is 5.75 Å². The van der Waals surface area contributed by atoms with E-state index in [1.54, 1.807) is 7.11 Å². The number of piperazine rings is 1. The summed E-state index contributed by atoms with van der Waals surface area (Å²) in [5, 5.41) is 4.48. The largest absolute Gasteiger partial charge is 0.495 e. The fourth-order valence-electron chi connectivity index (χ4n) is 3.52. The molecule has 142 valence electrons. The summed E-state index contributed by atoms with van der Waals surface area (Å²) in [6.45, 7) is 5.73. The molecule has 1 fully saturated rings. The number of ether oxygens (including phenoxy) is 1. The van der Waals surface area contributed by atoms with Gasteiger partial charge in [-0.2, -0.15) is 0 Å². The van der Waals surface area contributed by atoms with E-state index in [9.17, 15) is 4.21 Å². The molecular weight excluding hydrogens is 426 g/mol. The van der Waals surface area contributed by atoms with Crippen LogP contribution in [0.15, 0.2) is 52.0 Å². The van der Waals surface area contributed by atoms with Crippen molar-refractivity contribution in [1.29, 1.82) is 0 Å². The van der Waals surface area contributed by atoms with Crippen molar-refractivity contribution in [2.75, 3.05) is 38.2 Å². The molecule has 0 saturated carbocycles. The van der Waals surface area contributed by atoms with Gasteiger partial charge in [-0.3, -0.25) is 3.97 Å². The zero-order valence-corrected chi connectivity index (χ0v) is 17.8. The van der Waals surface area contributed by atoms with E-state index in [1.807, 2.05) is 47.4 Å². The first-order chi connectivity index (χ1) is 13.1. The molecule has 1 aliphatic rings. The maximum Gasteiger partial charge on any atom is 0.157 e. The van der Waals surface area contributed by atoms with E-state index in [0.717, 1.165) is 63.5 Å². The Hall–Kier alpha value is -1.83. The van der Waals surface area contributed by atoms with Crippen LogP contribution in [0.2, 0.25) is 0 Å². The molecule has 4 rings (SSSR count). The van der Waals surface area contributed by atoms with Gasteiger partial charge in [-0.15, -0.1) is 0 Å². The number of fused-ring (bicyclic) bond motifs is 1. The van der Waals surface area contributed by atoms with Gasteiger partial charge in [0.15, 0.2) is 11.0 Å². The molecule has 0 radical (unpaired) electrons. The first-order valence-corrected chi connectivity index (χ1v) is 10.8. The summed E-state index contributed by atoms with van der Waals surface area (Å²) in [6, 6.07) is 11.9. The van der Waals surface area contributed by atoms with Crippen LogP contribution in [0.4, 0.5) is 5.69 Å². The molecule has 1 aromatic heterocycles. The molecule has 0 spiro atoms. The number of halogens is 1. The second-order valence-corrected chi connectivity index (χ2v) is 8.90. The minimum absolute atomic E-state index is 0.765. The summed E-state index contributed by atoms with van der Waals surface area (Å²) in [4.78, 5) is 3.05. The van der Waals surface area contributed by atoms with Crippen LogP contribution < -0.4 is 15.0 Å². The highest BCUT2D eigenvalue weighted by Gasteiger charge is 2.19. The fourth-order valence-corrected chi connectivity index (χ4v) is 5.07. The van der Waals surface area contributed by atoms with Crippen molar-refractivity contribution in [2.45, 2.75) is 11.8 Å². The van der Waals surface area contributed by atoms with Crippen LogP contribution in [0.1, 0.15) is 5.56 Å². The first-order valence-electron chi connectivity index (χ1n) is 8.91. The molecule has 1 N–H and O–H groups in total. The predicted octanol–water partition coefficient (Wildman–Crippen LogP) is 3.70. The van der Waals surface area contributed by atoms with Crippen molar-refractivity contribution >= 4 is 43.5 Å². The summed E-state index contributed by atoms with van der Waals surface area (Å²) in [5.41, 5.74) is 3.07. The molecule has 0 amide bonds. The average molecular weight is 448 g/mol. The second kappa shape index (κ2) is 7.66. The summed E-state index contributed by atoms with van der Waals surface area (Å²) in [7, 11) is 0.343. The number of hydrogen-bond donors (Lipinski definition) is 1. The normalized spacial score (nSPS) is 15.9. The third kappa shape index (κ3) is 3.51. The third-order valence-corrected chi connectivity index (χ3v) is 6.73. The van der Waals surface area contributed by atoms with Crippen LogP contribution in [-0.2, 0) is 11.0 Å². The molecule has 2 heterocycles. The SMILES string of the molecule is COc1ccc(S(=O)n2cc(C)c3ccc(Br)cc32)cc1N1CCNCC1. The zero-order chi connectivity index (χ0) is 19.0. The van der Waals surface area contributed by atoms with E-state index in [4.69, 9.17) is 4.74 Å². The van der Waals surface area contributed by atoms with E-state index in [0.29, 0.717) is 0 Å². The van der Waals surface area contributed by atoms with Crippen molar-refractivity contribution in [1.82, 2.24) is 9.29 Å². The molecule has 7 heteroatoms. The van der Waals surface area contributed by atoms with Gasteiger partial charge in [0.25, 0.3) is 0 Å². The summed E-state index contributed by atoms with van der Waals surface area (Å²) < 4.78 is 21.8. The Morgan fingerprint density at radius 3 is 2.67 bits per heavy atom. The van der Waals surface area contributed by atoms with E-state index in [1.165, 1.54) is 0 Å². The summed E-state index contributed by atoms with van der Waals surface area (Å²) in [5.74, 6) is 0.814. The number of rotatable bonds is 4. The van der Waals surface area contributed by atoms with Crippen molar-refractivity contribution in [3.8, 4) is 5.75 Å². The topological polar surface area (TPSA) is 46.5 Å². The van der Waals surface area contributed by atoms with Crippen LogP contribution in [0.3, 0.4) is 0 Å². The van der Waals surface area contributed by atoms with Gasteiger partial charge in [0, 0.05) is 42.2 Å². The van der Waals surface area contributed by atoms with Crippen LogP contribution in [0.25, 0.3) is 10.9 Å². The van der Waals surface area contributed by atoms with Gasteiger partial charge in [0.1, 0.15) is 5.75 Å². The van der Waals surface area contributed by atoms with Gasteiger partial charge in [-0.05, 0) is 42.8 Å². The number of anilines is 1. The molecular formula is C20H22BrN3O2S. The molecule has 1 unspecified atom stereocenters. The maximum atomic E-state index is 13.4. The average Bonchev–Trinajstić information content (AvgIpc) is 3.03. The zero-order valence-electron chi connectivity index (χ0n) is 15.4. The predicted molar refractivity (Wildman–Crippen MR) is 114 cm³/mol. The smallest absolute Gasteiger partial charge is 0.157 e. The number of hydrogen-bond acceptors (Lipinski definition) is 4. The van der Waals surface area contributed by atoms with Crippen LogP contribution in [-0.4, -0.2) is 41.5 Å². The van der Waals surface area contributed by atoms with Gasteiger partial charge in [0.05, 0.1) is 23.2 Å². The minimum Gasteiger partial charge on any atom is -0.495 e. The number of nitrogens with zero attached hydrogens (tertiary/aromatic N) is 2. The van der Waals surface area contributed by atoms with E-state index in [-0.39, 0.29) is 0 Å². The number of aromatic nitrogens is 1. The van der Waals surface area contributed by atoms with Gasteiger partial charge >= 0.3 is 0 Å². The Morgan fingerprint density at radius 2 is 1.93 bits per heavy atom. The number of nitrogens with one attached hydrogen (secondary N) is 1. The van der Waals surface area contributed by atoms with E-state index < -0.39 is 11.0 Å². The molecule has 0 aliphatic carbocycles. The fraction of sp³-hybridized carbons (Fsp3) is 0.300. The number of benzene rings is 2. The molecule has 3 aromatic rings. The maximum absolute atomic E-state index is 13.4. The van der Waals surface area contributed by atoms with Gasteiger partial charge in [-0.1, -0.05) is 22.0 Å². The van der Waals surface area contributed by atoms with Crippen molar-refractivity contribution in [3.05, 3.63) is 52.6 Å². The highest BCUT2D eigenvalue weighted by molar-refractivity contribution is 9.10. The lowest BCUT2D eigenvalue weighted by molar-refractivity contribution is 0.412. The van der Waals surface area contributed by atoms with E-state index in [2.05, 4.69) is 32.2 Å². The second-order valence-electron chi connectivity index (χ2n) is 6.62. The van der Waals surface area contributed by atoms with Gasteiger partial charge < -0.3 is 15.0 Å². The Kier molecular flexibility index (Phi) is 5.25. The van der Waals surface area contributed by atoms with Crippen LogP contribution in [0, 0.1) is 6.92 Å². The Bertz CT molecular complexity index is 1010. The van der Waals surface area contributed by atoms with Crippen molar-refractivity contribution in [3.63, 3.8) is 0 Å². The lowest BCUT2D eigenvalue weighted by Crippen LogP contribution is -2.43. The van der Waals surface area contributed by atoms with Crippen molar-refractivity contribution < 1.29 is 8.95 Å². The standard InChI is InChI=1S/C20H22BrN3O2S/c1-14-13-24(18-11-15(21)3-5-17(14)18)27(25)16-4-6-20(26-2)19(12-16)23-9-7-22-8-10-23/h3-6,11-13,22H,7-10H2,1-2H3. The van der Waals surface area contributed by atoms with Gasteiger partial charge in [0.2, 0.25) is 0 Å². The molecule has 0 bridgehead atoms. The Morgan fingerprint density at radius 1 is 1.15 bits per heavy atom. The molecule has 1 atom stereocenters. The highest BCUT2D eigenvalue weighted by atomic mass is 79.9. The molecule has 27 heavy (non-hydrogen) atoms. The van der Waals surface area contributed by atoms with Crippen molar-refractivity contribution in [2.24, 2.45) is 0 Å².